The summed E-state index contributed by atoms with van der Waals surface area (Å²) in [7, 11) is 0. The number of nitrogens with zero attached hydrogens (tertiary/aromatic N) is 1. The van der Waals surface area contributed by atoms with Crippen molar-refractivity contribution in [1.82, 2.24) is 0 Å². The predicted octanol–water partition coefficient (Wildman–Crippen LogP) is 8.93. The molecule has 0 aliphatic heterocycles. The fourth-order valence-electron chi connectivity index (χ4n) is 4.35. The molecule has 6 aromatic rings. The molecule has 0 unspecified atom stereocenters. The topological polar surface area (TPSA) is 43.1 Å². The minimum atomic E-state index is -0.359. The van der Waals surface area contributed by atoms with Crippen molar-refractivity contribution >= 4 is 59.7 Å². The molecule has 3 nitrogen and oxygen atoms in total. The van der Waals surface area contributed by atoms with Gasteiger partial charge >= 0.3 is 0 Å². The molecular weight excluding hydrogens is 446 g/mol. The van der Waals surface area contributed by atoms with Gasteiger partial charge in [0, 0.05) is 47.7 Å². The van der Waals surface area contributed by atoms with Gasteiger partial charge in [0.05, 0.1) is 4.92 Å². The Morgan fingerprint density at radius 1 is 0.697 bits per heavy atom. The van der Waals surface area contributed by atoms with E-state index in [2.05, 4.69) is 72.8 Å². The summed E-state index contributed by atoms with van der Waals surface area (Å²) in [5, 5.41) is 16.1. The Balaban J connectivity index is 1.71. The average Bonchev–Trinajstić information content (AvgIpc) is 3.24. The van der Waals surface area contributed by atoms with E-state index in [9.17, 15) is 10.1 Å². The first kappa shape index (κ1) is 20.0. The molecule has 0 radical (unpaired) electrons. The van der Waals surface area contributed by atoms with E-state index in [-0.39, 0.29) is 10.6 Å². The number of benzene rings is 5. The van der Waals surface area contributed by atoms with Crippen LogP contribution in [0.3, 0.4) is 0 Å². The molecule has 158 valence electrons. The zero-order chi connectivity index (χ0) is 22.4. The lowest BCUT2D eigenvalue weighted by Gasteiger charge is -2.16. The van der Waals surface area contributed by atoms with Gasteiger partial charge < -0.3 is 0 Å². The SMILES string of the molecule is O=[N+]([O-])c1ccc(Sc2c(-c3ccccc3)c3sc4ccccc4c3c3ccccc23)cc1. The van der Waals surface area contributed by atoms with Crippen LogP contribution in [0.25, 0.3) is 42.1 Å². The van der Waals surface area contributed by atoms with Crippen LogP contribution in [0.2, 0.25) is 0 Å². The zero-order valence-corrected chi connectivity index (χ0v) is 19.0. The first-order valence-corrected chi connectivity index (χ1v) is 12.2. The van der Waals surface area contributed by atoms with Crippen molar-refractivity contribution in [2.24, 2.45) is 0 Å². The van der Waals surface area contributed by atoms with Crippen LogP contribution < -0.4 is 0 Å². The van der Waals surface area contributed by atoms with Crippen LogP contribution in [0.1, 0.15) is 0 Å². The number of nitro groups is 1. The number of thiophene rings is 1. The number of rotatable bonds is 4. The van der Waals surface area contributed by atoms with Crippen LogP contribution in [0.4, 0.5) is 5.69 Å². The first-order chi connectivity index (χ1) is 16.2. The molecule has 0 spiro atoms. The molecule has 0 aliphatic rings. The van der Waals surface area contributed by atoms with E-state index in [0.29, 0.717) is 0 Å². The monoisotopic (exact) mass is 463 g/mol. The molecule has 1 heterocycles. The third-order valence-electron chi connectivity index (χ3n) is 5.82. The lowest BCUT2D eigenvalue weighted by atomic mass is 9.96. The minimum absolute atomic E-state index is 0.104. The Hall–Kier alpha value is -3.67. The smallest absolute Gasteiger partial charge is 0.258 e. The standard InChI is InChI=1S/C28H17NO2S2/c30-29(31)19-14-16-20(17-15-19)32-27-22-11-5-4-10-21(22)26-23-12-6-7-13-24(23)33-28(26)25(27)18-8-2-1-3-9-18/h1-17H. The summed E-state index contributed by atoms with van der Waals surface area (Å²) in [6.07, 6.45) is 0. The molecule has 1 aromatic heterocycles. The molecule has 0 aliphatic carbocycles. The van der Waals surface area contributed by atoms with Crippen LogP contribution in [0, 0.1) is 10.1 Å². The zero-order valence-electron chi connectivity index (χ0n) is 17.4. The molecule has 0 saturated carbocycles. The second-order valence-electron chi connectivity index (χ2n) is 7.77. The average molecular weight is 464 g/mol. The summed E-state index contributed by atoms with van der Waals surface area (Å²) in [5.41, 5.74) is 2.49. The van der Waals surface area contributed by atoms with Gasteiger partial charge in [-0.2, -0.15) is 0 Å². The van der Waals surface area contributed by atoms with Gasteiger partial charge in [-0.05, 0) is 34.5 Å². The van der Waals surface area contributed by atoms with E-state index in [1.165, 1.54) is 47.0 Å². The van der Waals surface area contributed by atoms with E-state index < -0.39 is 0 Å². The second kappa shape index (κ2) is 8.03. The van der Waals surface area contributed by atoms with Crippen LogP contribution in [0.15, 0.2) is 113 Å². The second-order valence-corrected chi connectivity index (χ2v) is 9.91. The van der Waals surface area contributed by atoms with Gasteiger partial charge in [0.25, 0.3) is 5.69 Å². The molecule has 0 atom stereocenters. The van der Waals surface area contributed by atoms with Gasteiger partial charge in [0.2, 0.25) is 0 Å². The van der Waals surface area contributed by atoms with Crippen molar-refractivity contribution in [2.45, 2.75) is 9.79 Å². The molecule has 0 fully saturated rings. The van der Waals surface area contributed by atoms with Crippen LogP contribution in [-0.4, -0.2) is 4.92 Å². The molecule has 5 heteroatoms. The normalized spacial score (nSPS) is 11.4. The molecule has 0 N–H and O–H groups in total. The summed E-state index contributed by atoms with van der Waals surface area (Å²) in [6.45, 7) is 0. The van der Waals surface area contributed by atoms with E-state index in [0.717, 1.165) is 4.90 Å². The third kappa shape index (κ3) is 3.37. The van der Waals surface area contributed by atoms with Crippen molar-refractivity contribution in [3.05, 3.63) is 113 Å². The van der Waals surface area contributed by atoms with Crippen molar-refractivity contribution in [1.29, 1.82) is 0 Å². The Morgan fingerprint density at radius 2 is 1.33 bits per heavy atom. The minimum Gasteiger partial charge on any atom is -0.258 e. The Kier molecular flexibility index (Phi) is 4.86. The number of nitro benzene ring substituents is 1. The predicted molar refractivity (Wildman–Crippen MR) is 139 cm³/mol. The summed E-state index contributed by atoms with van der Waals surface area (Å²) in [5.74, 6) is 0. The Morgan fingerprint density at radius 3 is 2.06 bits per heavy atom. The maximum absolute atomic E-state index is 11.1. The highest BCUT2D eigenvalue weighted by Gasteiger charge is 2.20. The van der Waals surface area contributed by atoms with Crippen molar-refractivity contribution < 1.29 is 4.92 Å². The number of fused-ring (bicyclic) bond motifs is 5. The Labute approximate surface area is 198 Å². The van der Waals surface area contributed by atoms with Gasteiger partial charge in [-0.1, -0.05) is 84.6 Å². The fourth-order valence-corrected chi connectivity index (χ4v) is 6.83. The van der Waals surface area contributed by atoms with E-state index >= 15 is 0 Å². The molecule has 6 rings (SSSR count). The van der Waals surface area contributed by atoms with Crippen LogP contribution >= 0.6 is 23.1 Å². The molecule has 0 amide bonds. The molecule has 0 bridgehead atoms. The quantitative estimate of drug-likeness (QED) is 0.194. The van der Waals surface area contributed by atoms with Gasteiger partial charge in [0.15, 0.2) is 0 Å². The highest BCUT2D eigenvalue weighted by molar-refractivity contribution is 7.99. The van der Waals surface area contributed by atoms with E-state index in [1.807, 2.05) is 29.5 Å². The van der Waals surface area contributed by atoms with Gasteiger partial charge in [0.1, 0.15) is 0 Å². The highest BCUT2D eigenvalue weighted by atomic mass is 32.2. The van der Waals surface area contributed by atoms with Gasteiger partial charge in [-0.15, -0.1) is 11.3 Å². The van der Waals surface area contributed by atoms with Crippen LogP contribution in [0.5, 0.6) is 0 Å². The van der Waals surface area contributed by atoms with Gasteiger partial charge in [-0.25, -0.2) is 0 Å². The number of non-ortho nitro benzene ring substituents is 1. The summed E-state index contributed by atoms with van der Waals surface area (Å²) < 4.78 is 2.54. The number of hydrogen-bond donors (Lipinski definition) is 0. The molecular formula is C28H17NO2S2. The third-order valence-corrected chi connectivity index (χ3v) is 8.14. The summed E-state index contributed by atoms with van der Waals surface area (Å²) in [4.78, 5) is 12.9. The Bertz CT molecular complexity index is 1660. The van der Waals surface area contributed by atoms with Crippen molar-refractivity contribution in [3.63, 3.8) is 0 Å². The first-order valence-electron chi connectivity index (χ1n) is 10.5. The lowest BCUT2D eigenvalue weighted by Crippen LogP contribution is -1.89. The van der Waals surface area contributed by atoms with Crippen molar-refractivity contribution in [2.75, 3.05) is 0 Å². The van der Waals surface area contributed by atoms with E-state index in [1.54, 1.807) is 23.9 Å². The van der Waals surface area contributed by atoms with Crippen LogP contribution in [-0.2, 0) is 0 Å². The largest absolute Gasteiger partial charge is 0.269 e. The highest BCUT2D eigenvalue weighted by Crippen LogP contribution is 2.50. The molecule has 33 heavy (non-hydrogen) atoms. The van der Waals surface area contributed by atoms with Crippen molar-refractivity contribution in [3.8, 4) is 11.1 Å². The van der Waals surface area contributed by atoms with Gasteiger partial charge in [-0.3, -0.25) is 10.1 Å². The number of hydrogen-bond acceptors (Lipinski definition) is 4. The maximum atomic E-state index is 11.1. The fraction of sp³-hybridized carbons (Fsp3) is 0. The summed E-state index contributed by atoms with van der Waals surface area (Å²) in [6, 6.07) is 34.5. The molecule has 5 aromatic carbocycles. The molecule has 0 saturated heterocycles. The maximum Gasteiger partial charge on any atom is 0.269 e. The summed E-state index contributed by atoms with van der Waals surface area (Å²) >= 11 is 3.49. The van der Waals surface area contributed by atoms with E-state index in [4.69, 9.17) is 0 Å². The lowest BCUT2D eigenvalue weighted by molar-refractivity contribution is -0.384.